The molecule has 50 heavy (non-hydrogen) atoms. The summed E-state index contributed by atoms with van der Waals surface area (Å²) in [5.41, 5.74) is 0. The highest BCUT2D eigenvalue weighted by atomic mass is 16.7. The van der Waals surface area contributed by atoms with Crippen molar-refractivity contribution in [3.63, 3.8) is 0 Å². The highest BCUT2D eigenvalue weighted by Crippen LogP contribution is 2.35. The van der Waals surface area contributed by atoms with Gasteiger partial charge < -0.3 is 24.6 Å². The van der Waals surface area contributed by atoms with Crippen LogP contribution in [-0.2, 0) is 23.8 Å². The number of carbonyl (C=O) groups is 2. The molecular weight excluding hydrogens is 626 g/mol. The van der Waals surface area contributed by atoms with Crippen LogP contribution in [0.1, 0.15) is 54.4 Å². The summed E-state index contributed by atoms with van der Waals surface area (Å²) in [6.07, 6.45) is -0.656. The monoisotopic (exact) mass is 661 g/mol. The van der Waals surface area contributed by atoms with Gasteiger partial charge in [0.05, 0.1) is 24.9 Å². The number of hydrogen-bond acceptors (Lipinski definition) is 6. The van der Waals surface area contributed by atoms with E-state index in [-0.39, 0.29) is 43.0 Å². The van der Waals surface area contributed by atoms with Crippen molar-refractivity contribution in [2.45, 2.75) is 78.9 Å². The van der Waals surface area contributed by atoms with Gasteiger partial charge in [-0.3, -0.25) is 9.59 Å². The molecule has 1 aliphatic heterocycles. The predicted molar refractivity (Wildman–Crippen MR) is 191 cm³/mol. The van der Waals surface area contributed by atoms with Crippen molar-refractivity contribution in [1.29, 1.82) is 0 Å². The lowest BCUT2D eigenvalue weighted by Crippen LogP contribution is -2.51. The molecule has 0 saturated carbocycles. The van der Waals surface area contributed by atoms with E-state index < -0.39 is 24.3 Å². The largest absolute Gasteiger partial charge is 0.463 e. The molecule has 0 aromatic carbocycles. The van der Waals surface area contributed by atoms with Crippen LogP contribution in [0.25, 0.3) is 0 Å². The number of hydrogen-bond donors (Lipinski definition) is 2. The summed E-state index contributed by atoms with van der Waals surface area (Å²) in [4.78, 5) is 23.8. The smallest absolute Gasteiger partial charge is 0.302 e. The van der Waals surface area contributed by atoms with E-state index in [0.717, 1.165) is 0 Å². The molecule has 2 N–H and O–H groups in total. The zero-order valence-electron chi connectivity index (χ0n) is 28.9. The SMILES string of the molecule is CC#CC#CC#CC#CC#CC#CC#CC#CC#CC#CC#CC#CC(=O)N[C@@H](CO[C@H]1OC(COC(C)=O)[C@H](C)[C@H](C)C1C)[C@H](O)CCC. The Kier molecular flexibility index (Phi) is 22.1. The van der Waals surface area contributed by atoms with Crippen LogP contribution in [0.15, 0.2) is 0 Å². The van der Waals surface area contributed by atoms with Crippen LogP contribution >= 0.6 is 0 Å². The Morgan fingerprint density at radius 1 is 0.700 bits per heavy atom. The Labute approximate surface area is 297 Å². The molecule has 7 heteroatoms. The molecule has 0 aromatic rings. The molecule has 0 radical (unpaired) electrons. The first-order chi connectivity index (χ1) is 24.2. The fourth-order valence-corrected chi connectivity index (χ4v) is 3.99. The lowest BCUT2D eigenvalue weighted by Gasteiger charge is -2.43. The second kappa shape index (κ2) is 26.6. The summed E-state index contributed by atoms with van der Waals surface area (Å²) in [5, 5.41) is 13.4. The third kappa shape index (κ3) is 19.3. The highest BCUT2D eigenvalue weighted by Gasteiger charge is 2.40. The van der Waals surface area contributed by atoms with Crippen molar-refractivity contribution < 1.29 is 28.9 Å². The fraction of sp³-hybridized carbons (Fsp3) is 0.395. The Hall–Kier alpha value is -6.46. The van der Waals surface area contributed by atoms with E-state index in [0.29, 0.717) is 12.8 Å². The van der Waals surface area contributed by atoms with Crippen molar-refractivity contribution in [1.82, 2.24) is 5.32 Å². The molecule has 7 nitrogen and oxygen atoms in total. The summed E-state index contributed by atoms with van der Waals surface area (Å²) >= 11 is 0. The molecule has 1 saturated heterocycles. The van der Waals surface area contributed by atoms with Crippen LogP contribution in [0.4, 0.5) is 0 Å². The van der Waals surface area contributed by atoms with Crippen molar-refractivity contribution in [3.8, 4) is 142 Å². The normalized spacial score (nSPS) is 18.1. The molecule has 1 heterocycles. The molecule has 0 aromatic heterocycles. The third-order valence-corrected chi connectivity index (χ3v) is 6.85. The van der Waals surface area contributed by atoms with E-state index in [4.69, 9.17) is 14.2 Å². The summed E-state index contributed by atoms with van der Waals surface area (Å²) < 4.78 is 17.3. The molecular formula is C43H35NO6. The van der Waals surface area contributed by atoms with E-state index in [1.165, 1.54) is 6.92 Å². The minimum Gasteiger partial charge on any atom is -0.463 e. The molecule has 1 fully saturated rings. The Balaban J connectivity index is 2.66. The van der Waals surface area contributed by atoms with Crippen molar-refractivity contribution in [2.75, 3.05) is 13.2 Å². The quantitative estimate of drug-likeness (QED) is 0.290. The van der Waals surface area contributed by atoms with Gasteiger partial charge in [-0.15, -0.1) is 0 Å². The van der Waals surface area contributed by atoms with E-state index in [1.54, 1.807) is 6.92 Å². The van der Waals surface area contributed by atoms with Gasteiger partial charge in [0.15, 0.2) is 6.29 Å². The number of carbonyl (C=O) groups excluding carboxylic acids is 2. The fourth-order valence-electron chi connectivity index (χ4n) is 3.99. The lowest BCUT2D eigenvalue weighted by molar-refractivity contribution is -0.258. The maximum atomic E-state index is 12.5. The van der Waals surface area contributed by atoms with E-state index >= 15 is 0 Å². The zero-order valence-corrected chi connectivity index (χ0v) is 28.9. The van der Waals surface area contributed by atoms with Gasteiger partial charge in [0.25, 0.3) is 5.91 Å². The molecule has 2 unspecified atom stereocenters. The number of amides is 1. The van der Waals surface area contributed by atoms with Gasteiger partial charge in [-0.05, 0) is 120 Å². The minimum absolute atomic E-state index is 0.00300. The topological polar surface area (TPSA) is 94.1 Å². The molecule has 1 rings (SSSR count). The van der Waals surface area contributed by atoms with Gasteiger partial charge in [0.1, 0.15) is 6.61 Å². The second-order valence-electron chi connectivity index (χ2n) is 10.3. The van der Waals surface area contributed by atoms with E-state index in [9.17, 15) is 14.7 Å². The van der Waals surface area contributed by atoms with Crippen LogP contribution in [0.5, 0.6) is 0 Å². The highest BCUT2D eigenvalue weighted by molar-refractivity contribution is 5.94. The summed E-state index contributed by atoms with van der Waals surface area (Å²) in [5.74, 6) is 59.3. The Morgan fingerprint density at radius 3 is 1.56 bits per heavy atom. The second-order valence-corrected chi connectivity index (χ2v) is 10.3. The number of aliphatic hydroxyl groups excluding tert-OH is 1. The number of aliphatic hydroxyl groups is 1. The average Bonchev–Trinajstić information content (AvgIpc) is 3.09. The van der Waals surface area contributed by atoms with E-state index in [2.05, 4.69) is 154 Å². The van der Waals surface area contributed by atoms with Crippen LogP contribution in [0.2, 0.25) is 0 Å². The first-order valence-electron chi connectivity index (χ1n) is 15.5. The predicted octanol–water partition coefficient (Wildman–Crippen LogP) is 1.91. The van der Waals surface area contributed by atoms with Crippen LogP contribution in [-0.4, -0.2) is 54.7 Å². The third-order valence-electron chi connectivity index (χ3n) is 6.85. The number of ether oxygens (including phenoxy) is 3. The van der Waals surface area contributed by atoms with Crippen molar-refractivity contribution >= 4 is 11.9 Å². The van der Waals surface area contributed by atoms with Gasteiger partial charge in [-0.25, -0.2) is 0 Å². The van der Waals surface area contributed by atoms with Gasteiger partial charge in [0, 0.05) is 54.3 Å². The summed E-state index contributed by atoms with van der Waals surface area (Å²) in [7, 11) is 0. The first-order valence-corrected chi connectivity index (χ1v) is 15.5. The van der Waals surface area contributed by atoms with Gasteiger partial charge >= 0.3 is 5.97 Å². The van der Waals surface area contributed by atoms with Crippen molar-refractivity contribution in [3.05, 3.63) is 0 Å². The average molecular weight is 662 g/mol. The number of nitrogens with one attached hydrogen (secondary N) is 1. The lowest BCUT2D eigenvalue weighted by atomic mass is 9.79. The van der Waals surface area contributed by atoms with Gasteiger partial charge in [0.2, 0.25) is 0 Å². The number of esters is 1. The van der Waals surface area contributed by atoms with Crippen LogP contribution in [0, 0.1) is 160 Å². The molecule has 248 valence electrons. The Bertz CT molecular complexity index is 2010. The molecule has 0 bridgehead atoms. The molecule has 1 amide bonds. The van der Waals surface area contributed by atoms with Crippen LogP contribution in [0.3, 0.4) is 0 Å². The first kappa shape index (κ1) is 41.6. The van der Waals surface area contributed by atoms with Gasteiger partial charge in [-0.1, -0.05) is 40.0 Å². The standard InChI is InChI=1S/C43H35NO6/c1-7-9-10-11-12-13-14-15-16-17-18-19-20-21-22-23-24-25-26-27-28-29-30-32-42(47)44-39(40(46)31-8-2)33-49-43-37(5)35(3)36(4)41(50-43)34-48-38(6)45/h35-37,39-41,43,46H,8,31,33-34H2,1-6H3,(H,44,47)/t35-,36+,37?,39-,40+,41?,43-/m0/s1. The zero-order chi connectivity index (χ0) is 36.8. The van der Waals surface area contributed by atoms with Gasteiger partial charge in [-0.2, -0.15) is 0 Å². The molecule has 0 spiro atoms. The summed E-state index contributed by atoms with van der Waals surface area (Å²) in [6.45, 7) is 11.2. The molecule has 1 aliphatic rings. The van der Waals surface area contributed by atoms with Crippen LogP contribution < -0.4 is 5.32 Å². The van der Waals surface area contributed by atoms with Crippen molar-refractivity contribution in [2.24, 2.45) is 17.8 Å². The molecule has 0 aliphatic carbocycles. The summed E-state index contributed by atoms with van der Waals surface area (Å²) in [6, 6.07) is -0.730. The molecule has 7 atom stereocenters. The Morgan fingerprint density at radius 2 is 1.14 bits per heavy atom. The maximum Gasteiger partial charge on any atom is 0.302 e. The maximum absolute atomic E-state index is 12.5. The van der Waals surface area contributed by atoms with E-state index in [1.807, 2.05) is 20.8 Å². The minimum atomic E-state index is -0.862. The number of rotatable bonds is 9.